The van der Waals surface area contributed by atoms with Gasteiger partial charge in [0.25, 0.3) is 0 Å². The van der Waals surface area contributed by atoms with Crippen molar-refractivity contribution in [3.8, 4) is 0 Å². The lowest BCUT2D eigenvalue weighted by molar-refractivity contribution is -0.191. The first-order valence-electron chi connectivity index (χ1n) is 11.0. The Morgan fingerprint density at radius 1 is 1.18 bits per heavy atom. The fourth-order valence-electron chi connectivity index (χ4n) is 4.74. The molecule has 184 valence electrons. The predicted octanol–water partition coefficient (Wildman–Crippen LogP) is 4.31. The Labute approximate surface area is 205 Å². The van der Waals surface area contributed by atoms with Gasteiger partial charge in [0.1, 0.15) is 9.84 Å². The third-order valence-electron chi connectivity index (χ3n) is 6.52. The summed E-state index contributed by atoms with van der Waals surface area (Å²) in [5.41, 5.74) is 2.77. The van der Waals surface area contributed by atoms with Gasteiger partial charge in [0, 0.05) is 23.5 Å². The van der Waals surface area contributed by atoms with E-state index in [4.69, 9.17) is 0 Å². The number of aromatic nitrogens is 1. The highest BCUT2D eigenvalue weighted by atomic mass is 79.9. The molecule has 0 radical (unpaired) electrons. The number of hydrogen-bond donors (Lipinski definition) is 1. The van der Waals surface area contributed by atoms with Crippen molar-refractivity contribution in [1.29, 1.82) is 0 Å². The fraction of sp³-hybridized carbons (Fsp3) is 0.478. The lowest BCUT2D eigenvalue weighted by Gasteiger charge is -2.33. The third-order valence-corrected chi connectivity index (χ3v) is 8.98. The molecular formula is C23H25BrF3N3O3S. The van der Waals surface area contributed by atoms with Gasteiger partial charge in [-0.15, -0.1) is 0 Å². The van der Waals surface area contributed by atoms with Gasteiger partial charge in [-0.2, -0.15) is 13.2 Å². The third kappa shape index (κ3) is 5.40. The SMILES string of the molecule is CN(C(=O)C1CCS(=O)(=O)CC1)C(c1ccc(NC2Cc3cccc(Br)c3C2)cn1)C(F)(F)F. The number of hydrogen-bond acceptors (Lipinski definition) is 5. The van der Waals surface area contributed by atoms with Crippen LogP contribution in [0.2, 0.25) is 0 Å². The van der Waals surface area contributed by atoms with Gasteiger partial charge in [0.2, 0.25) is 5.91 Å². The Hall–Kier alpha value is -2.14. The van der Waals surface area contributed by atoms with Crippen LogP contribution in [0.15, 0.2) is 41.0 Å². The Balaban J connectivity index is 1.46. The molecule has 0 saturated carbocycles. The first kappa shape index (κ1) is 25.0. The fourth-order valence-corrected chi connectivity index (χ4v) is 6.80. The van der Waals surface area contributed by atoms with Gasteiger partial charge in [-0.25, -0.2) is 8.42 Å². The van der Waals surface area contributed by atoms with Gasteiger partial charge in [0.15, 0.2) is 6.04 Å². The number of fused-ring (bicyclic) bond motifs is 1. The minimum absolute atomic E-state index is 0.0340. The molecular weight excluding hydrogens is 535 g/mol. The van der Waals surface area contributed by atoms with Gasteiger partial charge in [-0.1, -0.05) is 28.1 Å². The Kier molecular flexibility index (Phi) is 6.97. The zero-order chi connectivity index (χ0) is 24.7. The lowest BCUT2D eigenvalue weighted by Crippen LogP contribution is -2.44. The van der Waals surface area contributed by atoms with Gasteiger partial charge in [-0.05, 0) is 55.0 Å². The van der Waals surface area contributed by atoms with Crippen LogP contribution in [-0.4, -0.2) is 55.0 Å². The zero-order valence-electron chi connectivity index (χ0n) is 18.5. The summed E-state index contributed by atoms with van der Waals surface area (Å²) in [6, 6.07) is 6.75. The van der Waals surface area contributed by atoms with Crippen LogP contribution in [0.1, 0.15) is 35.7 Å². The van der Waals surface area contributed by atoms with E-state index in [-0.39, 0.29) is 36.1 Å². The molecule has 4 rings (SSSR count). The van der Waals surface area contributed by atoms with E-state index in [2.05, 4.69) is 32.3 Å². The van der Waals surface area contributed by atoms with Crippen LogP contribution >= 0.6 is 15.9 Å². The number of pyridine rings is 1. The average molecular weight is 560 g/mol. The van der Waals surface area contributed by atoms with Crippen LogP contribution in [0.5, 0.6) is 0 Å². The summed E-state index contributed by atoms with van der Waals surface area (Å²) in [5, 5.41) is 3.33. The molecule has 2 atom stereocenters. The quantitative estimate of drug-likeness (QED) is 0.590. The largest absolute Gasteiger partial charge is 0.414 e. The smallest absolute Gasteiger partial charge is 0.380 e. The number of carbonyl (C=O) groups is 1. The number of carbonyl (C=O) groups excluding carboxylic acids is 1. The monoisotopic (exact) mass is 559 g/mol. The first-order chi connectivity index (χ1) is 15.9. The molecule has 2 aliphatic rings. The second kappa shape index (κ2) is 9.49. The highest BCUT2D eigenvalue weighted by Crippen LogP contribution is 2.38. The van der Waals surface area contributed by atoms with Gasteiger partial charge in [0.05, 0.1) is 29.1 Å². The highest BCUT2D eigenvalue weighted by molar-refractivity contribution is 9.10. The van der Waals surface area contributed by atoms with Crippen molar-refractivity contribution in [3.63, 3.8) is 0 Å². The van der Waals surface area contributed by atoms with Crippen molar-refractivity contribution < 1.29 is 26.4 Å². The summed E-state index contributed by atoms with van der Waals surface area (Å²) < 4.78 is 66.2. The van der Waals surface area contributed by atoms with E-state index in [0.717, 1.165) is 24.4 Å². The second-order valence-corrected chi connectivity index (χ2v) is 12.1. The van der Waals surface area contributed by atoms with Gasteiger partial charge in [-0.3, -0.25) is 9.78 Å². The van der Waals surface area contributed by atoms with E-state index in [1.165, 1.54) is 23.4 Å². The number of anilines is 1. The molecule has 1 aliphatic carbocycles. The number of halogens is 4. The maximum Gasteiger partial charge on any atom is 0.414 e. The second-order valence-electron chi connectivity index (χ2n) is 8.92. The van der Waals surface area contributed by atoms with Crippen molar-refractivity contribution in [3.05, 3.63) is 57.8 Å². The molecule has 2 unspecified atom stereocenters. The summed E-state index contributed by atoms with van der Waals surface area (Å²) >= 11 is 3.55. The summed E-state index contributed by atoms with van der Waals surface area (Å²) in [4.78, 5) is 17.5. The molecule has 1 fully saturated rings. The van der Waals surface area contributed by atoms with Gasteiger partial charge < -0.3 is 10.2 Å². The van der Waals surface area contributed by atoms with Crippen molar-refractivity contribution in [1.82, 2.24) is 9.88 Å². The molecule has 1 saturated heterocycles. The van der Waals surface area contributed by atoms with Crippen LogP contribution in [0.4, 0.5) is 18.9 Å². The van der Waals surface area contributed by atoms with E-state index in [0.29, 0.717) is 10.6 Å². The van der Waals surface area contributed by atoms with Crippen molar-refractivity contribution >= 4 is 37.4 Å². The molecule has 0 bridgehead atoms. The van der Waals surface area contributed by atoms with E-state index in [1.807, 2.05) is 12.1 Å². The van der Waals surface area contributed by atoms with Crippen LogP contribution in [-0.2, 0) is 27.5 Å². The van der Waals surface area contributed by atoms with Crippen molar-refractivity contribution in [2.24, 2.45) is 5.92 Å². The highest BCUT2D eigenvalue weighted by Gasteiger charge is 2.47. The first-order valence-corrected chi connectivity index (χ1v) is 13.6. The minimum atomic E-state index is -4.73. The summed E-state index contributed by atoms with van der Waals surface area (Å²) in [6.07, 6.45) is -1.71. The van der Waals surface area contributed by atoms with Crippen LogP contribution in [0.25, 0.3) is 0 Å². The maximum atomic E-state index is 14.0. The van der Waals surface area contributed by atoms with E-state index in [1.54, 1.807) is 6.07 Å². The van der Waals surface area contributed by atoms with Crippen LogP contribution in [0, 0.1) is 5.92 Å². The van der Waals surface area contributed by atoms with Crippen LogP contribution in [0.3, 0.4) is 0 Å². The van der Waals surface area contributed by atoms with Crippen molar-refractivity contribution in [2.75, 3.05) is 23.9 Å². The summed E-state index contributed by atoms with van der Waals surface area (Å²) in [6.45, 7) is 0. The number of alkyl halides is 3. The Morgan fingerprint density at radius 2 is 1.88 bits per heavy atom. The molecule has 1 amide bonds. The van der Waals surface area contributed by atoms with E-state index in [9.17, 15) is 26.4 Å². The van der Waals surface area contributed by atoms with Crippen LogP contribution < -0.4 is 5.32 Å². The topological polar surface area (TPSA) is 79.4 Å². The molecule has 2 aromatic rings. The Morgan fingerprint density at radius 3 is 2.47 bits per heavy atom. The molecule has 1 aromatic heterocycles. The minimum Gasteiger partial charge on any atom is -0.380 e. The molecule has 34 heavy (non-hydrogen) atoms. The predicted molar refractivity (Wildman–Crippen MR) is 126 cm³/mol. The normalized spacial score (nSPS) is 21.0. The molecule has 1 aliphatic heterocycles. The molecule has 11 heteroatoms. The average Bonchev–Trinajstić information content (AvgIpc) is 3.17. The lowest BCUT2D eigenvalue weighted by atomic mass is 9.99. The number of rotatable bonds is 5. The zero-order valence-corrected chi connectivity index (χ0v) is 20.9. The summed E-state index contributed by atoms with van der Waals surface area (Å²) in [5.74, 6) is -1.83. The van der Waals surface area contributed by atoms with E-state index < -0.39 is 33.9 Å². The number of nitrogens with one attached hydrogen (secondary N) is 1. The number of nitrogens with zero attached hydrogens (tertiary/aromatic N) is 2. The molecule has 6 nitrogen and oxygen atoms in total. The van der Waals surface area contributed by atoms with Gasteiger partial charge >= 0.3 is 6.18 Å². The molecule has 1 N–H and O–H groups in total. The number of sulfone groups is 1. The maximum absolute atomic E-state index is 14.0. The number of amides is 1. The number of benzene rings is 1. The molecule has 2 heterocycles. The Bertz CT molecular complexity index is 1160. The molecule has 1 aromatic carbocycles. The standard InChI is InChI=1S/C23H25BrF3N3O3S/c1-30(22(31)14-7-9-34(32,33)10-8-14)21(23(25,26)27)20-6-5-16(13-28-20)29-17-11-15-3-2-4-19(24)18(15)12-17/h2-6,13-14,17,21,29H,7-12H2,1H3. The van der Waals surface area contributed by atoms with Crippen molar-refractivity contribution in [2.45, 2.75) is 43.9 Å². The van der Waals surface area contributed by atoms with E-state index >= 15 is 0 Å². The molecule has 0 spiro atoms. The summed E-state index contributed by atoms with van der Waals surface area (Å²) in [7, 11) is -2.12.